The maximum absolute atomic E-state index is 12.5. The van der Waals surface area contributed by atoms with Crippen molar-refractivity contribution in [3.63, 3.8) is 0 Å². The molecule has 0 unspecified atom stereocenters. The highest BCUT2D eigenvalue weighted by atomic mass is 16.3. The lowest BCUT2D eigenvalue weighted by Crippen LogP contribution is -2.52. The van der Waals surface area contributed by atoms with E-state index in [1.165, 1.54) is 0 Å². The first kappa shape index (κ1) is 18.3. The lowest BCUT2D eigenvalue weighted by Gasteiger charge is -2.34. The molecule has 2 N–H and O–H groups in total. The van der Waals surface area contributed by atoms with E-state index >= 15 is 0 Å². The Morgan fingerprint density at radius 2 is 1.96 bits per heavy atom. The van der Waals surface area contributed by atoms with Gasteiger partial charge in [-0.15, -0.1) is 0 Å². The summed E-state index contributed by atoms with van der Waals surface area (Å²) in [5.74, 6) is 0.107. The van der Waals surface area contributed by atoms with Gasteiger partial charge in [-0.25, -0.2) is 0 Å². The van der Waals surface area contributed by atoms with Crippen molar-refractivity contribution in [1.82, 2.24) is 10.2 Å². The van der Waals surface area contributed by atoms with Crippen LogP contribution in [0.5, 0.6) is 0 Å². The van der Waals surface area contributed by atoms with Gasteiger partial charge in [-0.05, 0) is 36.8 Å². The molecule has 0 spiro atoms. The second-order valence-corrected chi connectivity index (χ2v) is 7.12. The Morgan fingerprint density at radius 3 is 2.71 bits per heavy atom. The molecule has 0 radical (unpaired) electrons. The molecule has 1 fully saturated rings. The molecule has 6 heteroatoms. The molecule has 4 rings (SSSR count). The molecule has 1 aromatic heterocycles. The van der Waals surface area contributed by atoms with Crippen LogP contribution in [0.3, 0.4) is 0 Å². The topological polar surface area (TPSA) is 74.6 Å². The van der Waals surface area contributed by atoms with E-state index in [1.807, 2.05) is 53.4 Å². The Balaban J connectivity index is 1.38. The highest BCUT2D eigenvalue weighted by molar-refractivity contribution is 6.04. The normalized spacial score (nSPS) is 16.9. The number of rotatable bonds is 4. The Bertz CT molecular complexity index is 961. The van der Waals surface area contributed by atoms with Crippen LogP contribution in [-0.2, 0) is 11.2 Å². The second-order valence-electron chi connectivity index (χ2n) is 7.12. The standard InChI is InChI=1S/C22H23N3O3/c1-15-14-23-10-11-25(15)21(26)12-16-6-8-18(9-7-16)24-22(27)20-13-17-4-2-3-5-19(17)28-20/h2-9,13,15,23H,10-12,14H2,1H3,(H,24,27)/t15-/m0/s1. The zero-order valence-electron chi connectivity index (χ0n) is 15.8. The molecule has 0 bridgehead atoms. The van der Waals surface area contributed by atoms with Gasteiger partial charge in [-0.2, -0.15) is 0 Å². The summed E-state index contributed by atoms with van der Waals surface area (Å²) in [6.07, 6.45) is 0.363. The number of piperazine rings is 1. The number of hydrogen-bond acceptors (Lipinski definition) is 4. The second kappa shape index (κ2) is 7.86. The third-order valence-electron chi connectivity index (χ3n) is 5.04. The van der Waals surface area contributed by atoms with Crippen molar-refractivity contribution in [2.45, 2.75) is 19.4 Å². The van der Waals surface area contributed by atoms with Crippen molar-refractivity contribution in [2.24, 2.45) is 0 Å². The first-order valence-electron chi connectivity index (χ1n) is 9.49. The van der Waals surface area contributed by atoms with Gasteiger partial charge in [0.1, 0.15) is 5.58 Å². The predicted octanol–water partition coefficient (Wildman–Crippen LogP) is 3.05. The molecule has 144 valence electrons. The van der Waals surface area contributed by atoms with Gasteiger partial charge in [-0.1, -0.05) is 30.3 Å². The van der Waals surface area contributed by atoms with E-state index < -0.39 is 0 Å². The van der Waals surface area contributed by atoms with E-state index in [9.17, 15) is 9.59 Å². The Hall–Kier alpha value is -3.12. The van der Waals surface area contributed by atoms with Crippen LogP contribution in [0.25, 0.3) is 11.0 Å². The summed E-state index contributed by atoms with van der Waals surface area (Å²) in [4.78, 5) is 26.9. The van der Waals surface area contributed by atoms with Crippen LogP contribution in [0.4, 0.5) is 5.69 Å². The van der Waals surface area contributed by atoms with Crippen LogP contribution < -0.4 is 10.6 Å². The average Bonchev–Trinajstić information content (AvgIpc) is 3.14. The van der Waals surface area contributed by atoms with Gasteiger partial charge in [0.2, 0.25) is 5.91 Å². The fourth-order valence-corrected chi connectivity index (χ4v) is 3.48. The Morgan fingerprint density at radius 1 is 1.18 bits per heavy atom. The minimum Gasteiger partial charge on any atom is -0.451 e. The maximum Gasteiger partial charge on any atom is 0.291 e. The molecule has 0 aliphatic carbocycles. The van der Waals surface area contributed by atoms with Gasteiger partial charge in [0.15, 0.2) is 5.76 Å². The molecule has 1 aliphatic rings. The zero-order chi connectivity index (χ0) is 19.5. The summed E-state index contributed by atoms with van der Waals surface area (Å²) in [5, 5.41) is 7.02. The minimum absolute atomic E-state index is 0.132. The number of furan rings is 1. The van der Waals surface area contributed by atoms with Crippen molar-refractivity contribution < 1.29 is 14.0 Å². The molecule has 2 amide bonds. The lowest BCUT2D eigenvalue weighted by molar-refractivity contribution is -0.133. The highest BCUT2D eigenvalue weighted by Crippen LogP contribution is 2.20. The van der Waals surface area contributed by atoms with Gasteiger partial charge in [0, 0.05) is 36.7 Å². The number of anilines is 1. The van der Waals surface area contributed by atoms with Crippen molar-refractivity contribution in [3.05, 3.63) is 65.9 Å². The van der Waals surface area contributed by atoms with Crippen molar-refractivity contribution >= 4 is 28.5 Å². The number of carbonyl (C=O) groups excluding carboxylic acids is 2. The molecule has 1 atom stereocenters. The summed E-state index contributed by atoms with van der Waals surface area (Å²) >= 11 is 0. The van der Waals surface area contributed by atoms with Crippen molar-refractivity contribution in [3.8, 4) is 0 Å². The third-order valence-corrected chi connectivity index (χ3v) is 5.04. The monoisotopic (exact) mass is 377 g/mol. The van der Waals surface area contributed by atoms with Crippen LogP contribution in [0, 0.1) is 0 Å². The SMILES string of the molecule is C[C@H]1CNCCN1C(=O)Cc1ccc(NC(=O)c2cc3ccccc3o2)cc1. The van der Waals surface area contributed by atoms with Crippen LogP contribution in [0.1, 0.15) is 23.0 Å². The first-order valence-corrected chi connectivity index (χ1v) is 9.49. The Kier molecular flexibility index (Phi) is 5.12. The van der Waals surface area contributed by atoms with Crippen molar-refractivity contribution in [1.29, 1.82) is 0 Å². The summed E-state index contributed by atoms with van der Waals surface area (Å²) in [7, 11) is 0. The van der Waals surface area contributed by atoms with Crippen molar-refractivity contribution in [2.75, 3.05) is 25.0 Å². The first-order chi connectivity index (χ1) is 13.6. The Labute approximate surface area is 163 Å². The third kappa shape index (κ3) is 3.92. The molecule has 6 nitrogen and oxygen atoms in total. The lowest BCUT2D eigenvalue weighted by atomic mass is 10.1. The molecule has 2 heterocycles. The number of fused-ring (bicyclic) bond motifs is 1. The number of benzene rings is 2. The quantitative estimate of drug-likeness (QED) is 0.733. The van der Waals surface area contributed by atoms with E-state index in [4.69, 9.17) is 4.42 Å². The van der Waals surface area contributed by atoms with Crippen LogP contribution >= 0.6 is 0 Å². The van der Waals surface area contributed by atoms with E-state index in [2.05, 4.69) is 17.6 Å². The smallest absolute Gasteiger partial charge is 0.291 e. The van der Waals surface area contributed by atoms with Gasteiger partial charge in [-0.3, -0.25) is 9.59 Å². The number of nitrogens with zero attached hydrogens (tertiary/aromatic N) is 1. The largest absolute Gasteiger partial charge is 0.451 e. The van der Waals surface area contributed by atoms with Gasteiger partial charge >= 0.3 is 0 Å². The molecule has 1 aliphatic heterocycles. The number of amides is 2. The van der Waals surface area contributed by atoms with Crippen LogP contribution in [-0.4, -0.2) is 42.4 Å². The number of carbonyl (C=O) groups is 2. The van der Waals surface area contributed by atoms with Crippen LogP contribution in [0.15, 0.2) is 59.0 Å². The number of para-hydroxylation sites is 1. The molecular weight excluding hydrogens is 354 g/mol. The molecule has 0 saturated carbocycles. The van der Waals surface area contributed by atoms with Gasteiger partial charge < -0.3 is 20.0 Å². The fourth-order valence-electron chi connectivity index (χ4n) is 3.48. The summed E-state index contributed by atoms with van der Waals surface area (Å²) in [6, 6.07) is 16.8. The molecule has 1 saturated heterocycles. The van der Waals surface area contributed by atoms with Gasteiger partial charge in [0.05, 0.1) is 6.42 Å². The maximum atomic E-state index is 12.5. The summed E-state index contributed by atoms with van der Waals surface area (Å²) < 4.78 is 5.59. The molecular formula is C22H23N3O3. The summed E-state index contributed by atoms with van der Waals surface area (Å²) in [6.45, 7) is 4.47. The fraction of sp³-hybridized carbons (Fsp3) is 0.273. The van der Waals surface area contributed by atoms with E-state index in [0.717, 1.165) is 30.6 Å². The minimum atomic E-state index is -0.297. The van der Waals surface area contributed by atoms with E-state index in [-0.39, 0.29) is 23.6 Å². The summed E-state index contributed by atoms with van der Waals surface area (Å²) in [5.41, 5.74) is 2.28. The highest BCUT2D eigenvalue weighted by Gasteiger charge is 2.22. The average molecular weight is 377 g/mol. The number of hydrogen-bond donors (Lipinski definition) is 2. The van der Waals surface area contributed by atoms with E-state index in [0.29, 0.717) is 17.7 Å². The zero-order valence-corrected chi connectivity index (χ0v) is 15.8. The van der Waals surface area contributed by atoms with Gasteiger partial charge in [0.25, 0.3) is 5.91 Å². The molecule has 3 aromatic rings. The molecule has 28 heavy (non-hydrogen) atoms. The number of nitrogens with one attached hydrogen (secondary N) is 2. The predicted molar refractivity (Wildman–Crippen MR) is 108 cm³/mol. The van der Waals surface area contributed by atoms with Crippen LogP contribution in [0.2, 0.25) is 0 Å². The molecule has 2 aromatic carbocycles. The van der Waals surface area contributed by atoms with E-state index in [1.54, 1.807) is 6.07 Å².